The quantitative estimate of drug-likeness (QED) is 0.674. The molecule has 0 amide bonds. The van der Waals surface area contributed by atoms with Crippen LogP contribution in [-0.2, 0) is 0 Å². The van der Waals surface area contributed by atoms with Crippen LogP contribution < -0.4 is 4.90 Å². The summed E-state index contributed by atoms with van der Waals surface area (Å²) in [5.74, 6) is 0.943. The first-order chi connectivity index (χ1) is 10.2. The number of fused-ring (bicyclic) bond motifs is 3. The summed E-state index contributed by atoms with van der Waals surface area (Å²) < 4.78 is 2.04. The number of aryl methyl sites for hydroxylation is 1. The summed E-state index contributed by atoms with van der Waals surface area (Å²) in [6.07, 6.45) is 1.77. The van der Waals surface area contributed by atoms with Gasteiger partial charge in [-0.3, -0.25) is 4.40 Å². The first kappa shape index (κ1) is 12.5. The highest BCUT2D eigenvalue weighted by molar-refractivity contribution is 5.83. The van der Waals surface area contributed by atoms with E-state index in [1.807, 2.05) is 4.40 Å². The lowest BCUT2D eigenvalue weighted by Crippen LogP contribution is -2.45. The molecule has 0 bridgehead atoms. The van der Waals surface area contributed by atoms with E-state index in [0.29, 0.717) is 0 Å². The molecule has 6 nitrogen and oxygen atoms in total. The topological polar surface area (TPSA) is 49.6 Å². The van der Waals surface area contributed by atoms with Gasteiger partial charge in [0.15, 0.2) is 5.82 Å². The molecule has 0 radical (unpaired) electrons. The number of aromatic nitrogens is 4. The van der Waals surface area contributed by atoms with Crippen molar-refractivity contribution in [2.24, 2.45) is 0 Å². The van der Waals surface area contributed by atoms with E-state index >= 15 is 0 Å². The summed E-state index contributed by atoms with van der Waals surface area (Å²) in [5.41, 5.74) is 4.11. The third-order valence-corrected chi connectivity index (χ3v) is 4.17. The van der Waals surface area contributed by atoms with Gasteiger partial charge in [0, 0.05) is 26.2 Å². The molecular weight excluding hydrogens is 264 g/mol. The first-order valence-corrected chi connectivity index (χ1v) is 7.26. The molecule has 21 heavy (non-hydrogen) atoms. The van der Waals surface area contributed by atoms with Gasteiger partial charge in [-0.25, -0.2) is 4.98 Å². The number of hydrogen-bond donors (Lipinski definition) is 0. The van der Waals surface area contributed by atoms with E-state index in [9.17, 15) is 0 Å². The van der Waals surface area contributed by atoms with Crippen LogP contribution in [0.15, 0.2) is 24.5 Å². The lowest BCUT2D eigenvalue weighted by molar-refractivity contribution is 0.312. The zero-order valence-electron chi connectivity index (χ0n) is 12.3. The summed E-state index contributed by atoms with van der Waals surface area (Å²) in [6.45, 7) is 6.14. The van der Waals surface area contributed by atoms with Crippen molar-refractivity contribution in [1.29, 1.82) is 0 Å². The second-order valence-corrected chi connectivity index (χ2v) is 5.74. The van der Waals surface area contributed by atoms with Gasteiger partial charge >= 0.3 is 0 Å². The molecule has 1 aliphatic heterocycles. The normalized spacial score (nSPS) is 17.0. The van der Waals surface area contributed by atoms with Crippen LogP contribution >= 0.6 is 0 Å². The Bertz CT molecular complexity index is 800. The second kappa shape index (κ2) is 4.66. The number of nitrogens with zero attached hydrogens (tertiary/aromatic N) is 6. The van der Waals surface area contributed by atoms with Crippen LogP contribution in [0, 0.1) is 6.92 Å². The number of benzene rings is 1. The fourth-order valence-corrected chi connectivity index (χ4v) is 2.88. The summed E-state index contributed by atoms with van der Waals surface area (Å²) >= 11 is 0. The van der Waals surface area contributed by atoms with Gasteiger partial charge in [-0.15, -0.1) is 10.2 Å². The third-order valence-electron chi connectivity index (χ3n) is 4.17. The fraction of sp³-hybridized carbons (Fsp3) is 0.400. The van der Waals surface area contributed by atoms with Crippen LogP contribution in [-0.4, -0.2) is 57.7 Å². The molecule has 0 N–H and O–H groups in total. The van der Waals surface area contributed by atoms with Crippen LogP contribution in [0.1, 0.15) is 5.56 Å². The Morgan fingerprint density at radius 3 is 2.71 bits per heavy atom. The van der Waals surface area contributed by atoms with E-state index in [1.165, 1.54) is 5.56 Å². The van der Waals surface area contributed by atoms with E-state index in [-0.39, 0.29) is 0 Å². The van der Waals surface area contributed by atoms with Gasteiger partial charge in [0.2, 0.25) is 5.65 Å². The molecule has 1 saturated heterocycles. The van der Waals surface area contributed by atoms with Gasteiger partial charge < -0.3 is 9.80 Å². The average Bonchev–Trinajstić information content (AvgIpc) is 2.96. The van der Waals surface area contributed by atoms with Crippen molar-refractivity contribution in [3.05, 3.63) is 30.1 Å². The van der Waals surface area contributed by atoms with Crippen LogP contribution in [0.25, 0.3) is 16.7 Å². The highest BCUT2D eigenvalue weighted by Crippen LogP contribution is 2.24. The molecule has 1 aliphatic rings. The molecule has 6 heteroatoms. The Kier molecular flexibility index (Phi) is 2.78. The minimum absolute atomic E-state index is 0.843. The molecule has 1 aromatic carbocycles. The number of hydrogen-bond acceptors (Lipinski definition) is 5. The average molecular weight is 282 g/mol. The zero-order chi connectivity index (χ0) is 14.4. The van der Waals surface area contributed by atoms with E-state index in [1.54, 1.807) is 6.33 Å². The number of rotatable bonds is 1. The highest BCUT2D eigenvalue weighted by Gasteiger charge is 2.20. The molecule has 1 fully saturated rings. The smallest absolute Gasteiger partial charge is 0.204 e. The van der Waals surface area contributed by atoms with Gasteiger partial charge in [-0.1, -0.05) is 6.07 Å². The number of anilines is 1. The first-order valence-electron chi connectivity index (χ1n) is 7.26. The van der Waals surface area contributed by atoms with Crippen molar-refractivity contribution in [3.8, 4) is 0 Å². The van der Waals surface area contributed by atoms with E-state index in [2.05, 4.69) is 52.2 Å². The third kappa shape index (κ3) is 2.03. The van der Waals surface area contributed by atoms with Crippen LogP contribution in [0.5, 0.6) is 0 Å². The summed E-state index contributed by atoms with van der Waals surface area (Å²) in [6, 6.07) is 6.30. The summed E-state index contributed by atoms with van der Waals surface area (Å²) in [4.78, 5) is 9.52. The lowest BCUT2D eigenvalue weighted by Gasteiger charge is -2.33. The van der Waals surface area contributed by atoms with Crippen LogP contribution in [0.3, 0.4) is 0 Å². The minimum Gasteiger partial charge on any atom is -0.351 e. The SMILES string of the molecule is Cc1ccc2c(c1)nc(N1CCN(C)CC1)c1nncn12. The molecule has 0 spiro atoms. The van der Waals surface area contributed by atoms with Crippen molar-refractivity contribution >= 4 is 22.5 Å². The lowest BCUT2D eigenvalue weighted by atomic mass is 10.2. The monoisotopic (exact) mass is 282 g/mol. The van der Waals surface area contributed by atoms with Crippen molar-refractivity contribution in [2.45, 2.75) is 6.92 Å². The highest BCUT2D eigenvalue weighted by atomic mass is 15.3. The van der Waals surface area contributed by atoms with Crippen molar-refractivity contribution in [3.63, 3.8) is 0 Å². The number of likely N-dealkylation sites (N-methyl/N-ethyl adjacent to an activating group) is 1. The molecule has 2 aromatic heterocycles. The minimum atomic E-state index is 0.843. The molecule has 3 aromatic rings. The molecule has 4 rings (SSSR count). The standard InChI is InChI=1S/C15H18N6/c1-11-3-4-13-12(9-11)17-14(15-18-16-10-21(13)15)20-7-5-19(2)6-8-20/h3-4,9-10H,5-8H2,1-2H3. The summed E-state index contributed by atoms with van der Waals surface area (Å²) in [7, 11) is 2.15. The molecule has 0 unspecified atom stereocenters. The van der Waals surface area contributed by atoms with E-state index in [0.717, 1.165) is 48.7 Å². The Balaban J connectivity index is 1.92. The van der Waals surface area contributed by atoms with Gasteiger partial charge in [-0.05, 0) is 31.7 Å². The predicted molar refractivity (Wildman–Crippen MR) is 82.7 cm³/mol. The zero-order valence-corrected chi connectivity index (χ0v) is 12.3. The van der Waals surface area contributed by atoms with Crippen LogP contribution in [0.2, 0.25) is 0 Å². The number of piperazine rings is 1. The van der Waals surface area contributed by atoms with E-state index in [4.69, 9.17) is 4.98 Å². The molecule has 3 heterocycles. The molecule has 0 aliphatic carbocycles. The summed E-state index contributed by atoms with van der Waals surface area (Å²) in [5, 5.41) is 8.36. The molecule has 0 atom stereocenters. The van der Waals surface area contributed by atoms with Gasteiger partial charge in [0.25, 0.3) is 0 Å². The maximum atomic E-state index is 4.87. The van der Waals surface area contributed by atoms with Crippen molar-refractivity contribution in [1.82, 2.24) is 24.5 Å². The largest absolute Gasteiger partial charge is 0.351 e. The van der Waals surface area contributed by atoms with Crippen molar-refractivity contribution < 1.29 is 0 Å². The maximum absolute atomic E-state index is 4.87. The van der Waals surface area contributed by atoms with Gasteiger partial charge in [0.1, 0.15) is 6.33 Å². The van der Waals surface area contributed by atoms with Gasteiger partial charge in [0.05, 0.1) is 11.0 Å². The molecular formula is C15H18N6. The Hall–Kier alpha value is -2.21. The van der Waals surface area contributed by atoms with Crippen LogP contribution in [0.4, 0.5) is 5.82 Å². The van der Waals surface area contributed by atoms with E-state index < -0.39 is 0 Å². The van der Waals surface area contributed by atoms with Crippen molar-refractivity contribution in [2.75, 3.05) is 38.1 Å². The second-order valence-electron chi connectivity index (χ2n) is 5.74. The maximum Gasteiger partial charge on any atom is 0.204 e. The Morgan fingerprint density at radius 2 is 1.90 bits per heavy atom. The Morgan fingerprint density at radius 1 is 1.10 bits per heavy atom. The molecule has 108 valence electrons. The molecule has 0 saturated carbocycles. The fourth-order valence-electron chi connectivity index (χ4n) is 2.88. The van der Waals surface area contributed by atoms with Gasteiger partial charge in [-0.2, -0.15) is 0 Å². The Labute approximate surface area is 123 Å². The predicted octanol–water partition coefficient (Wildman–Crippen LogP) is 1.34.